The first kappa shape index (κ1) is 15.0. The Bertz CT molecular complexity index is 581. The van der Waals surface area contributed by atoms with Gasteiger partial charge in [-0.1, -0.05) is 23.8 Å². The maximum atomic E-state index is 10.9. The fraction of sp³-hybridized carbons (Fsp3) is 0.294. The highest BCUT2D eigenvalue weighted by atomic mass is 16.4. The van der Waals surface area contributed by atoms with Gasteiger partial charge in [-0.05, 0) is 38.1 Å². The molecule has 0 aliphatic heterocycles. The van der Waals surface area contributed by atoms with Crippen molar-refractivity contribution in [1.29, 1.82) is 0 Å². The standard InChI is InChI=1S/C17H20N2O2/c1-13-6-8-15(9-7-13)19(12-10-17(20)21)14(2)16-5-3-4-11-18-16/h3-9,11,14H,10,12H2,1-2H3,(H,20,21). The van der Waals surface area contributed by atoms with Gasteiger partial charge in [0.1, 0.15) is 0 Å². The number of rotatable bonds is 6. The van der Waals surface area contributed by atoms with Crippen molar-refractivity contribution in [3.05, 3.63) is 59.9 Å². The third-order valence-electron chi connectivity index (χ3n) is 3.52. The largest absolute Gasteiger partial charge is 0.481 e. The first-order valence-electron chi connectivity index (χ1n) is 7.04. The minimum atomic E-state index is -0.791. The van der Waals surface area contributed by atoms with Crippen molar-refractivity contribution in [3.63, 3.8) is 0 Å². The molecule has 2 rings (SSSR count). The van der Waals surface area contributed by atoms with Crippen LogP contribution in [-0.4, -0.2) is 22.6 Å². The number of nitrogens with zero attached hydrogens (tertiary/aromatic N) is 2. The summed E-state index contributed by atoms with van der Waals surface area (Å²) in [6, 6.07) is 13.9. The molecular formula is C17H20N2O2. The number of aryl methyl sites for hydroxylation is 1. The highest BCUT2D eigenvalue weighted by Gasteiger charge is 2.18. The molecule has 0 radical (unpaired) electrons. The van der Waals surface area contributed by atoms with Gasteiger partial charge in [-0.15, -0.1) is 0 Å². The van der Waals surface area contributed by atoms with E-state index in [2.05, 4.69) is 9.88 Å². The number of carbonyl (C=O) groups is 1. The molecule has 0 saturated heterocycles. The molecule has 0 saturated carbocycles. The summed E-state index contributed by atoms with van der Waals surface area (Å²) in [5, 5.41) is 8.96. The zero-order valence-electron chi connectivity index (χ0n) is 12.4. The van der Waals surface area contributed by atoms with Crippen molar-refractivity contribution < 1.29 is 9.90 Å². The van der Waals surface area contributed by atoms with Crippen LogP contribution in [0.15, 0.2) is 48.7 Å². The number of carboxylic acids is 1. The quantitative estimate of drug-likeness (QED) is 0.883. The molecule has 0 fully saturated rings. The average Bonchev–Trinajstić information content (AvgIpc) is 2.49. The van der Waals surface area contributed by atoms with Gasteiger partial charge in [0, 0.05) is 18.4 Å². The number of hydrogen-bond donors (Lipinski definition) is 1. The fourth-order valence-electron chi connectivity index (χ4n) is 2.28. The third-order valence-corrected chi connectivity index (χ3v) is 3.52. The maximum Gasteiger partial charge on any atom is 0.305 e. The van der Waals surface area contributed by atoms with Crippen LogP contribution in [0.25, 0.3) is 0 Å². The molecule has 2 aromatic rings. The van der Waals surface area contributed by atoms with Crippen LogP contribution < -0.4 is 4.90 Å². The second-order valence-electron chi connectivity index (χ2n) is 5.10. The van der Waals surface area contributed by atoms with Gasteiger partial charge in [0.25, 0.3) is 0 Å². The van der Waals surface area contributed by atoms with Gasteiger partial charge in [0.2, 0.25) is 0 Å². The van der Waals surface area contributed by atoms with Gasteiger partial charge in [0.15, 0.2) is 0 Å². The molecule has 0 aliphatic rings. The zero-order chi connectivity index (χ0) is 15.2. The summed E-state index contributed by atoms with van der Waals surface area (Å²) < 4.78 is 0. The molecule has 4 heteroatoms. The molecule has 4 nitrogen and oxygen atoms in total. The summed E-state index contributed by atoms with van der Waals surface area (Å²) in [5.74, 6) is -0.791. The molecule has 1 unspecified atom stereocenters. The van der Waals surface area contributed by atoms with E-state index < -0.39 is 5.97 Å². The summed E-state index contributed by atoms with van der Waals surface area (Å²) in [4.78, 5) is 17.4. The van der Waals surface area contributed by atoms with Crippen molar-refractivity contribution >= 4 is 11.7 Å². The predicted octanol–water partition coefficient (Wildman–Crippen LogP) is 3.43. The van der Waals surface area contributed by atoms with Gasteiger partial charge in [0.05, 0.1) is 18.2 Å². The topological polar surface area (TPSA) is 53.4 Å². The Balaban J connectivity index is 2.26. The predicted molar refractivity (Wildman–Crippen MR) is 83.4 cm³/mol. The molecule has 0 bridgehead atoms. The fourth-order valence-corrected chi connectivity index (χ4v) is 2.28. The number of hydrogen-bond acceptors (Lipinski definition) is 3. The van der Waals surface area contributed by atoms with Crippen molar-refractivity contribution in [2.24, 2.45) is 0 Å². The molecule has 110 valence electrons. The lowest BCUT2D eigenvalue weighted by Gasteiger charge is -2.30. The number of carboxylic acid groups (broad SMARTS) is 1. The zero-order valence-corrected chi connectivity index (χ0v) is 12.4. The third kappa shape index (κ3) is 4.05. The average molecular weight is 284 g/mol. The van der Waals surface area contributed by atoms with E-state index in [1.807, 2.05) is 56.3 Å². The highest BCUT2D eigenvalue weighted by molar-refractivity contribution is 5.67. The van der Waals surface area contributed by atoms with Crippen LogP contribution in [0.3, 0.4) is 0 Å². The second kappa shape index (κ2) is 6.88. The van der Waals surface area contributed by atoms with Gasteiger partial charge in [-0.2, -0.15) is 0 Å². The Morgan fingerprint density at radius 2 is 1.95 bits per heavy atom. The van der Waals surface area contributed by atoms with E-state index in [1.165, 1.54) is 5.56 Å². The van der Waals surface area contributed by atoms with E-state index in [9.17, 15) is 4.79 Å². The Labute approximate surface area is 125 Å². The van der Waals surface area contributed by atoms with Crippen LogP contribution in [0.4, 0.5) is 5.69 Å². The minimum Gasteiger partial charge on any atom is -0.481 e. The van der Waals surface area contributed by atoms with Crippen molar-refractivity contribution in [2.45, 2.75) is 26.3 Å². The number of aliphatic carboxylic acids is 1. The van der Waals surface area contributed by atoms with Gasteiger partial charge in [-0.3, -0.25) is 9.78 Å². The Hall–Kier alpha value is -2.36. The Morgan fingerprint density at radius 3 is 2.52 bits per heavy atom. The summed E-state index contributed by atoms with van der Waals surface area (Å²) in [6.07, 6.45) is 1.86. The number of benzene rings is 1. The van der Waals surface area contributed by atoms with E-state index in [1.54, 1.807) is 6.20 Å². The molecule has 1 N–H and O–H groups in total. The normalized spacial score (nSPS) is 11.9. The van der Waals surface area contributed by atoms with Crippen LogP contribution >= 0.6 is 0 Å². The second-order valence-corrected chi connectivity index (χ2v) is 5.10. The van der Waals surface area contributed by atoms with E-state index in [-0.39, 0.29) is 12.5 Å². The maximum absolute atomic E-state index is 10.9. The van der Waals surface area contributed by atoms with Crippen LogP contribution in [-0.2, 0) is 4.79 Å². The molecule has 21 heavy (non-hydrogen) atoms. The Kier molecular flexibility index (Phi) is 4.93. The molecule has 1 atom stereocenters. The number of pyridine rings is 1. The molecule has 1 aromatic carbocycles. The van der Waals surface area contributed by atoms with E-state index in [0.717, 1.165) is 11.4 Å². The minimum absolute atomic E-state index is 0.0215. The van der Waals surface area contributed by atoms with E-state index >= 15 is 0 Å². The first-order chi connectivity index (χ1) is 10.1. The summed E-state index contributed by atoms with van der Waals surface area (Å²) in [6.45, 7) is 4.54. The molecule has 0 spiro atoms. The smallest absolute Gasteiger partial charge is 0.305 e. The van der Waals surface area contributed by atoms with Crippen molar-refractivity contribution in [1.82, 2.24) is 4.98 Å². The summed E-state index contributed by atoms with van der Waals surface area (Å²) in [7, 11) is 0. The van der Waals surface area contributed by atoms with Gasteiger partial charge >= 0.3 is 5.97 Å². The van der Waals surface area contributed by atoms with Crippen molar-refractivity contribution in [2.75, 3.05) is 11.4 Å². The molecule has 0 amide bonds. The van der Waals surface area contributed by atoms with Crippen LogP contribution in [0.5, 0.6) is 0 Å². The van der Waals surface area contributed by atoms with Crippen molar-refractivity contribution in [3.8, 4) is 0 Å². The van der Waals surface area contributed by atoms with Crippen LogP contribution in [0.2, 0.25) is 0 Å². The molecule has 0 aliphatic carbocycles. The lowest BCUT2D eigenvalue weighted by Crippen LogP contribution is -2.29. The van der Waals surface area contributed by atoms with Gasteiger partial charge < -0.3 is 10.0 Å². The Morgan fingerprint density at radius 1 is 1.24 bits per heavy atom. The lowest BCUT2D eigenvalue weighted by molar-refractivity contribution is -0.136. The lowest BCUT2D eigenvalue weighted by atomic mass is 10.1. The van der Waals surface area contributed by atoms with Crippen LogP contribution in [0, 0.1) is 6.92 Å². The monoisotopic (exact) mass is 284 g/mol. The number of anilines is 1. The first-order valence-corrected chi connectivity index (χ1v) is 7.04. The highest BCUT2D eigenvalue weighted by Crippen LogP contribution is 2.26. The SMILES string of the molecule is Cc1ccc(N(CCC(=O)O)C(C)c2ccccn2)cc1. The van der Waals surface area contributed by atoms with Crippen LogP contribution in [0.1, 0.15) is 30.6 Å². The molecule has 1 aromatic heterocycles. The summed E-state index contributed by atoms with van der Waals surface area (Å²) in [5.41, 5.74) is 3.13. The van der Waals surface area contributed by atoms with E-state index in [4.69, 9.17) is 5.11 Å². The van der Waals surface area contributed by atoms with Gasteiger partial charge in [-0.25, -0.2) is 0 Å². The molecule has 1 heterocycles. The number of aromatic nitrogens is 1. The van der Waals surface area contributed by atoms with E-state index in [0.29, 0.717) is 6.54 Å². The molecular weight excluding hydrogens is 264 g/mol. The summed E-state index contributed by atoms with van der Waals surface area (Å²) >= 11 is 0.